The minimum absolute atomic E-state index is 0.0317. The lowest BCUT2D eigenvalue weighted by atomic mass is 10.1. The van der Waals surface area contributed by atoms with Gasteiger partial charge in [-0.15, -0.1) is 11.3 Å². The summed E-state index contributed by atoms with van der Waals surface area (Å²) in [7, 11) is 0. The van der Waals surface area contributed by atoms with Crippen LogP contribution < -0.4 is 5.32 Å². The fourth-order valence-corrected chi connectivity index (χ4v) is 5.89. The number of thiophene rings is 1. The lowest BCUT2D eigenvalue weighted by molar-refractivity contribution is -0.137. The van der Waals surface area contributed by atoms with E-state index in [1.165, 1.54) is 6.07 Å². The minimum Gasteiger partial charge on any atom is -0.337 e. The average molecular weight is 488 g/mol. The van der Waals surface area contributed by atoms with Crippen molar-refractivity contribution >= 4 is 33.2 Å². The number of likely N-dealkylation sites (tertiary alicyclic amines) is 2. The number of hydrogen-bond donors (Lipinski definition) is 1. The first-order chi connectivity index (χ1) is 16.2. The highest BCUT2D eigenvalue weighted by Gasteiger charge is 2.36. The Hall–Kier alpha value is -2.91. The molecule has 2 saturated heterocycles. The Labute approximate surface area is 199 Å². The molecule has 1 atom stereocenters. The third-order valence-electron chi connectivity index (χ3n) is 6.60. The van der Waals surface area contributed by atoms with Crippen LogP contribution in [0.1, 0.15) is 37.6 Å². The zero-order chi connectivity index (χ0) is 24.0. The van der Waals surface area contributed by atoms with E-state index in [2.05, 4.69) is 5.32 Å². The normalized spacial score (nSPS) is 19.0. The molecule has 3 heterocycles. The number of aryl methyl sites for hydroxylation is 1. The van der Waals surface area contributed by atoms with Gasteiger partial charge in [0.15, 0.2) is 0 Å². The van der Waals surface area contributed by atoms with E-state index in [-0.39, 0.29) is 23.9 Å². The second kappa shape index (κ2) is 8.70. The number of fused-ring (bicyclic) bond motifs is 1. The van der Waals surface area contributed by atoms with Gasteiger partial charge < -0.3 is 15.1 Å². The van der Waals surface area contributed by atoms with Crippen molar-refractivity contribution in [2.75, 3.05) is 26.2 Å². The maximum atomic E-state index is 13.0. The second-order valence-electron chi connectivity index (χ2n) is 8.94. The number of halogens is 3. The van der Waals surface area contributed by atoms with Crippen LogP contribution in [-0.2, 0) is 6.18 Å². The quantitative estimate of drug-likeness (QED) is 0.587. The summed E-state index contributed by atoms with van der Waals surface area (Å²) in [6.07, 6.45) is -3.55. The Morgan fingerprint density at radius 1 is 0.971 bits per heavy atom. The van der Waals surface area contributed by atoms with Crippen LogP contribution in [0.3, 0.4) is 0 Å². The lowest BCUT2D eigenvalue weighted by Gasteiger charge is -2.41. The molecule has 2 aliphatic rings. The smallest absolute Gasteiger partial charge is 0.337 e. The Bertz CT molecular complexity index is 1240. The number of nitrogens with one attached hydrogen (secondary N) is 1. The highest BCUT2D eigenvalue weighted by molar-refractivity contribution is 7.21. The first kappa shape index (κ1) is 22.9. The molecule has 178 valence electrons. The molecular formula is C25H24F3N3O2S. The molecule has 0 saturated carbocycles. The first-order valence-corrected chi connectivity index (χ1v) is 12.0. The number of amides is 2. The third-order valence-corrected chi connectivity index (χ3v) is 7.84. The summed E-state index contributed by atoms with van der Waals surface area (Å²) in [4.78, 5) is 29.7. The molecular weight excluding hydrogens is 463 g/mol. The van der Waals surface area contributed by atoms with E-state index in [0.717, 1.165) is 35.5 Å². The van der Waals surface area contributed by atoms with Crippen molar-refractivity contribution in [2.45, 2.75) is 31.6 Å². The summed E-state index contributed by atoms with van der Waals surface area (Å²) < 4.78 is 39.6. The van der Waals surface area contributed by atoms with Crippen molar-refractivity contribution in [1.29, 1.82) is 0 Å². The zero-order valence-corrected chi connectivity index (χ0v) is 19.4. The Balaban J connectivity index is 1.17. The molecule has 0 aliphatic carbocycles. The van der Waals surface area contributed by atoms with Gasteiger partial charge in [-0.25, -0.2) is 0 Å². The molecule has 1 N–H and O–H groups in total. The summed E-state index contributed by atoms with van der Waals surface area (Å²) >= 11 is 1.12. The van der Waals surface area contributed by atoms with Crippen molar-refractivity contribution in [3.63, 3.8) is 0 Å². The van der Waals surface area contributed by atoms with Crippen molar-refractivity contribution < 1.29 is 22.8 Å². The number of rotatable bonds is 4. The molecule has 2 aliphatic heterocycles. The number of hydrogen-bond acceptors (Lipinski definition) is 4. The average Bonchev–Trinajstić information content (AvgIpc) is 3.39. The van der Waals surface area contributed by atoms with Gasteiger partial charge in [-0.2, -0.15) is 13.2 Å². The van der Waals surface area contributed by atoms with Gasteiger partial charge in [-0.1, -0.05) is 24.3 Å². The monoisotopic (exact) mass is 487 g/mol. The molecule has 2 amide bonds. The molecule has 5 rings (SSSR count). The Kier molecular flexibility index (Phi) is 5.85. The van der Waals surface area contributed by atoms with E-state index < -0.39 is 11.7 Å². The van der Waals surface area contributed by atoms with E-state index in [1.807, 2.05) is 35.2 Å². The highest BCUT2D eigenvalue weighted by atomic mass is 32.1. The van der Waals surface area contributed by atoms with Gasteiger partial charge in [0, 0.05) is 48.5 Å². The van der Waals surface area contributed by atoms with Crippen molar-refractivity contribution in [2.24, 2.45) is 0 Å². The molecule has 0 bridgehead atoms. The van der Waals surface area contributed by atoms with E-state index in [4.69, 9.17) is 0 Å². The first-order valence-electron chi connectivity index (χ1n) is 11.2. The van der Waals surface area contributed by atoms with Crippen LogP contribution >= 0.6 is 11.3 Å². The van der Waals surface area contributed by atoms with Gasteiger partial charge in [-0.05, 0) is 48.6 Å². The summed E-state index contributed by atoms with van der Waals surface area (Å²) in [6.45, 7) is 4.20. The molecule has 34 heavy (non-hydrogen) atoms. The predicted molar refractivity (Wildman–Crippen MR) is 125 cm³/mol. The Morgan fingerprint density at radius 2 is 1.68 bits per heavy atom. The van der Waals surface area contributed by atoms with Crippen LogP contribution in [-0.4, -0.2) is 59.9 Å². The Morgan fingerprint density at radius 3 is 2.38 bits per heavy atom. The van der Waals surface area contributed by atoms with Gasteiger partial charge >= 0.3 is 6.18 Å². The summed E-state index contributed by atoms with van der Waals surface area (Å²) in [6, 6.07) is 13.2. The summed E-state index contributed by atoms with van der Waals surface area (Å²) in [5, 5.41) is 4.23. The highest BCUT2D eigenvalue weighted by Crippen LogP contribution is 2.37. The molecule has 9 heteroatoms. The maximum absolute atomic E-state index is 13.0. The minimum atomic E-state index is -4.41. The van der Waals surface area contributed by atoms with E-state index in [0.29, 0.717) is 46.7 Å². The van der Waals surface area contributed by atoms with Crippen molar-refractivity contribution in [1.82, 2.24) is 15.1 Å². The van der Waals surface area contributed by atoms with Gasteiger partial charge in [0.05, 0.1) is 10.4 Å². The fourth-order valence-electron chi connectivity index (χ4n) is 4.68. The predicted octanol–water partition coefficient (Wildman–Crippen LogP) is 4.56. The van der Waals surface area contributed by atoms with Crippen LogP contribution in [0.15, 0.2) is 48.5 Å². The van der Waals surface area contributed by atoms with Gasteiger partial charge in [0.1, 0.15) is 0 Å². The van der Waals surface area contributed by atoms with Crippen LogP contribution in [0.25, 0.3) is 10.1 Å². The van der Waals surface area contributed by atoms with Crippen LogP contribution in [0.5, 0.6) is 0 Å². The largest absolute Gasteiger partial charge is 0.416 e. The molecule has 1 aromatic heterocycles. The number of alkyl halides is 3. The van der Waals surface area contributed by atoms with Gasteiger partial charge in [0.25, 0.3) is 11.8 Å². The molecule has 3 aromatic rings. The van der Waals surface area contributed by atoms with E-state index >= 15 is 0 Å². The van der Waals surface area contributed by atoms with Crippen LogP contribution in [0.2, 0.25) is 0 Å². The van der Waals surface area contributed by atoms with E-state index in [1.54, 1.807) is 11.8 Å². The summed E-state index contributed by atoms with van der Waals surface area (Å²) in [5.74, 6) is -0.109. The molecule has 2 fully saturated rings. The molecule has 1 unspecified atom stereocenters. The third kappa shape index (κ3) is 4.30. The SMILES string of the molecule is Cc1c(C(=O)N2CC(NC3CCN(C(=O)c4ccccc4)C3)C2)sc2cc(C(F)(F)F)ccc12. The number of benzene rings is 2. The standard InChI is InChI=1S/C25H24F3N3O2S/c1-15-20-8-7-17(25(26,27)28)11-21(20)34-22(15)24(33)31-13-19(14-31)29-18-9-10-30(12-18)23(32)16-5-3-2-4-6-16/h2-8,11,18-19,29H,9-10,12-14H2,1H3. The van der Waals surface area contributed by atoms with Crippen molar-refractivity contribution in [3.8, 4) is 0 Å². The van der Waals surface area contributed by atoms with Gasteiger partial charge in [-0.3, -0.25) is 9.59 Å². The van der Waals surface area contributed by atoms with Crippen LogP contribution in [0, 0.1) is 6.92 Å². The zero-order valence-electron chi connectivity index (χ0n) is 18.6. The fraction of sp³-hybridized carbons (Fsp3) is 0.360. The van der Waals surface area contributed by atoms with E-state index in [9.17, 15) is 22.8 Å². The maximum Gasteiger partial charge on any atom is 0.416 e. The van der Waals surface area contributed by atoms with Gasteiger partial charge in [0.2, 0.25) is 0 Å². The molecule has 5 nitrogen and oxygen atoms in total. The molecule has 0 radical (unpaired) electrons. The number of carbonyl (C=O) groups excluding carboxylic acids is 2. The number of carbonyl (C=O) groups is 2. The lowest BCUT2D eigenvalue weighted by Crippen LogP contribution is -2.62. The molecule has 0 spiro atoms. The topological polar surface area (TPSA) is 52.7 Å². The molecule has 2 aromatic carbocycles. The summed E-state index contributed by atoms with van der Waals surface area (Å²) in [5.41, 5.74) is 0.704. The van der Waals surface area contributed by atoms with Crippen molar-refractivity contribution in [3.05, 3.63) is 70.1 Å². The second-order valence-corrected chi connectivity index (χ2v) is 9.99. The number of nitrogens with zero attached hydrogens (tertiary/aromatic N) is 2. The van der Waals surface area contributed by atoms with Crippen LogP contribution in [0.4, 0.5) is 13.2 Å².